The lowest BCUT2D eigenvalue weighted by Crippen LogP contribution is -2.17. The lowest BCUT2D eigenvalue weighted by atomic mass is 9.85. The zero-order valence-electron chi connectivity index (χ0n) is 7.89. The van der Waals surface area contributed by atoms with Crippen LogP contribution in [0.2, 0.25) is 0 Å². The normalized spacial score (nSPS) is 20.7. The maximum absolute atomic E-state index is 8.92. The van der Waals surface area contributed by atoms with Gasteiger partial charge in [0.25, 0.3) is 0 Å². The third-order valence-electron chi connectivity index (χ3n) is 2.76. The molecule has 0 aromatic carbocycles. The van der Waals surface area contributed by atoms with Crippen LogP contribution in [0.3, 0.4) is 0 Å². The van der Waals surface area contributed by atoms with E-state index >= 15 is 0 Å². The lowest BCUT2D eigenvalue weighted by Gasteiger charge is -2.23. The van der Waals surface area contributed by atoms with Crippen LogP contribution in [0.5, 0.6) is 0 Å². The molecule has 1 aliphatic carbocycles. The van der Waals surface area contributed by atoms with Crippen LogP contribution >= 0.6 is 0 Å². The predicted octanol–water partition coefficient (Wildman–Crippen LogP) is 2.63. The van der Waals surface area contributed by atoms with Gasteiger partial charge in [-0.2, -0.15) is 0 Å². The monoisotopic (exact) mass is 183 g/mol. The van der Waals surface area contributed by atoms with Gasteiger partial charge in [-0.25, -0.2) is 0 Å². The minimum atomic E-state index is -0.201. The summed E-state index contributed by atoms with van der Waals surface area (Å²) in [7, 11) is 0. The van der Waals surface area contributed by atoms with E-state index < -0.39 is 0 Å². The molecule has 1 rings (SSSR count). The third-order valence-corrected chi connectivity index (χ3v) is 2.76. The quantitative estimate of drug-likeness (QED) is 0.406. The molecule has 0 aromatic heterocycles. The van der Waals surface area contributed by atoms with Gasteiger partial charge in [-0.15, -0.1) is 0 Å². The molecule has 4 heteroatoms. The van der Waals surface area contributed by atoms with E-state index in [-0.39, 0.29) is 12.6 Å². The highest BCUT2D eigenvalue weighted by Gasteiger charge is 2.17. The number of rotatable bonds is 4. The van der Waals surface area contributed by atoms with Crippen molar-refractivity contribution in [3.05, 3.63) is 10.4 Å². The summed E-state index contributed by atoms with van der Waals surface area (Å²) in [6.45, 7) is -0.0133. The summed E-state index contributed by atoms with van der Waals surface area (Å²) in [4.78, 5) is 2.74. The molecule has 1 N–H and O–H groups in total. The standard InChI is InChI=1S/C9H17N3O/c10-12-11-9(7-13)6-8-4-2-1-3-5-8/h8-9,13H,1-7H2. The summed E-state index contributed by atoms with van der Waals surface area (Å²) < 4.78 is 0. The van der Waals surface area contributed by atoms with Gasteiger partial charge in [-0.1, -0.05) is 37.2 Å². The number of hydrogen-bond donors (Lipinski definition) is 1. The summed E-state index contributed by atoms with van der Waals surface area (Å²) in [6.07, 6.45) is 7.25. The maximum atomic E-state index is 8.92. The molecule has 0 aromatic rings. The molecule has 0 radical (unpaired) electrons. The molecular weight excluding hydrogens is 166 g/mol. The Kier molecular flexibility index (Phi) is 4.65. The summed E-state index contributed by atoms with van der Waals surface area (Å²) in [5, 5.41) is 12.5. The molecule has 74 valence electrons. The molecule has 0 aliphatic heterocycles. The fraction of sp³-hybridized carbons (Fsp3) is 1.00. The molecule has 0 heterocycles. The summed E-state index contributed by atoms with van der Waals surface area (Å²) in [6, 6.07) is -0.201. The average Bonchev–Trinajstić information content (AvgIpc) is 2.19. The van der Waals surface area contributed by atoms with Crippen LogP contribution in [0.15, 0.2) is 5.11 Å². The zero-order valence-corrected chi connectivity index (χ0v) is 7.89. The Morgan fingerprint density at radius 2 is 2.08 bits per heavy atom. The van der Waals surface area contributed by atoms with Crippen LogP contribution in [0.25, 0.3) is 10.4 Å². The Morgan fingerprint density at radius 1 is 1.38 bits per heavy atom. The SMILES string of the molecule is [N-]=[N+]=NC(CO)CC1CCCCC1. The van der Waals surface area contributed by atoms with E-state index in [2.05, 4.69) is 10.0 Å². The van der Waals surface area contributed by atoms with Crippen molar-refractivity contribution in [1.29, 1.82) is 0 Å². The van der Waals surface area contributed by atoms with Gasteiger partial charge < -0.3 is 5.11 Å². The second-order valence-corrected chi connectivity index (χ2v) is 3.78. The highest BCUT2D eigenvalue weighted by molar-refractivity contribution is 4.74. The minimum absolute atomic E-state index is 0.0133. The van der Waals surface area contributed by atoms with Crippen molar-refractivity contribution >= 4 is 0 Å². The van der Waals surface area contributed by atoms with Gasteiger partial charge in [0.1, 0.15) is 0 Å². The van der Waals surface area contributed by atoms with E-state index in [0.717, 1.165) is 6.42 Å². The van der Waals surface area contributed by atoms with Crippen LogP contribution in [0.4, 0.5) is 0 Å². The van der Waals surface area contributed by atoms with Crippen molar-refractivity contribution in [1.82, 2.24) is 0 Å². The first-order valence-electron chi connectivity index (χ1n) is 5.02. The van der Waals surface area contributed by atoms with Crippen LogP contribution in [-0.4, -0.2) is 17.8 Å². The Morgan fingerprint density at radius 3 is 2.62 bits per heavy atom. The molecule has 1 saturated carbocycles. The van der Waals surface area contributed by atoms with Gasteiger partial charge in [0.05, 0.1) is 12.6 Å². The Bertz CT molecular complexity index is 183. The van der Waals surface area contributed by atoms with Gasteiger partial charge in [0.2, 0.25) is 0 Å². The Balaban J connectivity index is 2.30. The topological polar surface area (TPSA) is 69.0 Å². The van der Waals surface area contributed by atoms with Crippen LogP contribution in [-0.2, 0) is 0 Å². The van der Waals surface area contributed by atoms with E-state index in [9.17, 15) is 0 Å². The molecule has 0 spiro atoms. The minimum Gasteiger partial charge on any atom is -0.396 e. The van der Waals surface area contributed by atoms with Crippen LogP contribution < -0.4 is 0 Å². The van der Waals surface area contributed by atoms with Gasteiger partial charge in [0, 0.05) is 4.91 Å². The average molecular weight is 183 g/mol. The maximum Gasteiger partial charge on any atom is 0.0608 e. The smallest absolute Gasteiger partial charge is 0.0608 e. The first-order chi connectivity index (χ1) is 6.36. The molecule has 1 fully saturated rings. The largest absolute Gasteiger partial charge is 0.396 e. The van der Waals surface area contributed by atoms with E-state index in [1.807, 2.05) is 0 Å². The summed E-state index contributed by atoms with van der Waals surface area (Å²) in [5.74, 6) is 0.663. The number of azide groups is 1. The van der Waals surface area contributed by atoms with Crippen LogP contribution in [0, 0.1) is 5.92 Å². The molecule has 1 unspecified atom stereocenters. The zero-order chi connectivity index (χ0) is 9.52. The first-order valence-corrected chi connectivity index (χ1v) is 5.02. The van der Waals surface area contributed by atoms with E-state index in [4.69, 9.17) is 10.6 Å². The molecule has 0 amide bonds. The number of nitrogens with zero attached hydrogens (tertiary/aromatic N) is 3. The summed E-state index contributed by atoms with van der Waals surface area (Å²) >= 11 is 0. The van der Waals surface area contributed by atoms with Crippen molar-refractivity contribution in [2.75, 3.05) is 6.61 Å². The fourth-order valence-corrected chi connectivity index (χ4v) is 2.04. The third kappa shape index (κ3) is 3.66. The molecule has 1 atom stereocenters. The first kappa shape index (κ1) is 10.4. The Labute approximate surface area is 78.6 Å². The van der Waals surface area contributed by atoms with Crippen molar-refractivity contribution in [2.24, 2.45) is 11.0 Å². The second-order valence-electron chi connectivity index (χ2n) is 3.78. The molecule has 0 bridgehead atoms. The highest BCUT2D eigenvalue weighted by atomic mass is 16.3. The summed E-state index contributed by atoms with van der Waals surface area (Å²) in [5.41, 5.74) is 8.24. The molecule has 13 heavy (non-hydrogen) atoms. The van der Waals surface area contributed by atoms with Gasteiger partial charge in [-0.3, -0.25) is 0 Å². The number of aliphatic hydroxyl groups is 1. The van der Waals surface area contributed by atoms with Crippen molar-refractivity contribution in [2.45, 2.75) is 44.6 Å². The number of hydrogen-bond acceptors (Lipinski definition) is 2. The van der Waals surface area contributed by atoms with Crippen molar-refractivity contribution < 1.29 is 5.11 Å². The predicted molar refractivity (Wildman–Crippen MR) is 51.2 cm³/mol. The molecule has 0 saturated heterocycles. The van der Waals surface area contributed by atoms with Crippen LogP contribution in [0.1, 0.15) is 38.5 Å². The second kappa shape index (κ2) is 5.84. The highest BCUT2D eigenvalue weighted by Crippen LogP contribution is 2.27. The van der Waals surface area contributed by atoms with E-state index in [1.165, 1.54) is 32.1 Å². The number of aliphatic hydroxyl groups excluding tert-OH is 1. The van der Waals surface area contributed by atoms with Gasteiger partial charge in [-0.05, 0) is 17.9 Å². The van der Waals surface area contributed by atoms with Crippen molar-refractivity contribution in [3.8, 4) is 0 Å². The molecule has 4 nitrogen and oxygen atoms in total. The fourth-order valence-electron chi connectivity index (χ4n) is 2.04. The van der Waals surface area contributed by atoms with E-state index in [1.54, 1.807) is 0 Å². The molecular formula is C9H17N3O. The van der Waals surface area contributed by atoms with E-state index in [0.29, 0.717) is 5.92 Å². The van der Waals surface area contributed by atoms with Gasteiger partial charge in [0.15, 0.2) is 0 Å². The Hall–Kier alpha value is -0.730. The van der Waals surface area contributed by atoms with Crippen molar-refractivity contribution in [3.63, 3.8) is 0 Å². The molecule has 1 aliphatic rings. The lowest BCUT2D eigenvalue weighted by molar-refractivity contribution is 0.228. The van der Waals surface area contributed by atoms with Gasteiger partial charge >= 0.3 is 0 Å².